The van der Waals surface area contributed by atoms with E-state index in [9.17, 15) is 9.59 Å². The van der Waals surface area contributed by atoms with Crippen LogP contribution in [-0.2, 0) is 19.1 Å². The summed E-state index contributed by atoms with van der Waals surface area (Å²) in [6, 6.07) is 8.76. The van der Waals surface area contributed by atoms with E-state index in [0.29, 0.717) is 5.56 Å². The molecule has 0 heterocycles. The van der Waals surface area contributed by atoms with Gasteiger partial charge in [0.2, 0.25) is 6.10 Å². The first-order chi connectivity index (χ1) is 8.91. The summed E-state index contributed by atoms with van der Waals surface area (Å²) in [5, 5.41) is 0. The Hall–Kier alpha value is -2.10. The van der Waals surface area contributed by atoms with Gasteiger partial charge in [-0.25, -0.2) is 4.79 Å². The van der Waals surface area contributed by atoms with Crippen molar-refractivity contribution in [2.24, 2.45) is 0 Å². The van der Waals surface area contributed by atoms with Gasteiger partial charge in [0.15, 0.2) is 0 Å². The van der Waals surface area contributed by atoms with Crippen LogP contribution >= 0.6 is 0 Å². The summed E-state index contributed by atoms with van der Waals surface area (Å²) in [6.07, 6.45) is -1.46. The number of carbonyl (C=O) groups excluding carboxylic acids is 2. The molecular formula is C15H18O4. The van der Waals surface area contributed by atoms with Crippen molar-refractivity contribution in [3.8, 4) is 0 Å². The Balaban J connectivity index is 2.89. The summed E-state index contributed by atoms with van der Waals surface area (Å²) in [5.41, 5.74) is 1.31. The zero-order chi connectivity index (χ0) is 14.4. The predicted octanol–water partition coefficient (Wildman–Crippen LogP) is 2.80. The van der Waals surface area contributed by atoms with Gasteiger partial charge in [-0.15, -0.1) is 0 Å². The molecule has 2 atom stereocenters. The summed E-state index contributed by atoms with van der Waals surface area (Å²) < 4.78 is 10.2. The molecule has 0 aliphatic carbocycles. The molecule has 0 amide bonds. The predicted molar refractivity (Wildman–Crippen MR) is 71.3 cm³/mol. The lowest BCUT2D eigenvalue weighted by molar-refractivity contribution is -0.169. The van der Waals surface area contributed by atoms with Crippen molar-refractivity contribution < 1.29 is 19.1 Å². The van der Waals surface area contributed by atoms with E-state index in [1.165, 1.54) is 6.92 Å². The molecule has 102 valence electrons. The Morgan fingerprint density at radius 3 is 2.16 bits per heavy atom. The Labute approximate surface area is 113 Å². The minimum Gasteiger partial charge on any atom is -0.455 e. The average Bonchev–Trinajstić information content (AvgIpc) is 2.36. The van der Waals surface area contributed by atoms with Gasteiger partial charge in [-0.2, -0.15) is 0 Å². The molecule has 0 saturated heterocycles. The first kappa shape index (κ1) is 15.0. The van der Waals surface area contributed by atoms with Gasteiger partial charge in [-0.05, 0) is 19.4 Å². The molecule has 4 nitrogen and oxygen atoms in total. The largest absolute Gasteiger partial charge is 0.455 e. The van der Waals surface area contributed by atoms with Gasteiger partial charge in [0.05, 0.1) is 0 Å². The molecule has 0 spiro atoms. The van der Waals surface area contributed by atoms with Crippen molar-refractivity contribution in [2.75, 3.05) is 0 Å². The van der Waals surface area contributed by atoms with Crippen molar-refractivity contribution in [2.45, 2.75) is 33.0 Å². The molecule has 0 radical (unpaired) electrons. The van der Waals surface area contributed by atoms with Crippen LogP contribution in [0, 0.1) is 0 Å². The van der Waals surface area contributed by atoms with E-state index in [2.05, 4.69) is 6.58 Å². The number of ether oxygens (including phenoxy) is 2. The maximum atomic E-state index is 12.1. The fraction of sp³-hybridized carbons (Fsp3) is 0.333. The fourth-order valence-corrected chi connectivity index (χ4v) is 1.38. The van der Waals surface area contributed by atoms with Gasteiger partial charge in [0.25, 0.3) is 0 Å². The number of carbonyl (C=O) groups is 2. The molecule has 4 heteroatoms. The number of hydrogen-bond donors (Lipinski definition) is 0. The highest BCUT2D eigenvalue weighted by Crippen LogP contribution is 2.20. The van der Waals surface area contributed by atoms with E-state index < -0.39 is 24.1 Å². The number of hydrogen-bond acceptors (Lipinski definition) is 4. The third-order valence-electron chi connectivity index (χ3n) is 2.59. The Kier molecular flexibility index (Phi) is 5.30. The van der Waals surface area contributed by atoms with Gasteiger partial charge < -0.3 is 9.47 Å². The molecule has 0 saturated carbocycles. The number of esters is 2. The van der Waals surface area contributed by atoms with Crippen molar-refractivity contribution in [1.29, 1.82) is 0 Å². The minimum atomic E-state index is -1.04. The van der Waals surface area contributed by atoms with Crippen LogP contribution in [0.1, 0.15) is 32.4 Å². The third kappa shape index (κ3) is 4.58. The van der Waals surface area contributed by atoms with Gasteiger partial charge >= 0.3 is 11.9 Å². The van der Waals surface area contributed by atoms with Crippen LogP contribution < -0.4 is 0 Å². The van der Waals surface area contributed by atoms with E-state index in [0.717, 1.165) is 5.57 Å². The summed E-state index contributed by atoms with van der Waals surface area (Å²) in [5.74, 6) is -1.13. The van der Waals surface area contributed by atoms with E-state index in [-0.39, 0.29) is 0 Å². The molecule has 19 heavy (non-hydrogen) atoms. The maximum absolute atomic E-state index is 12.1. The first-order valence-corrected chi connectivity index (χ1v) is 6.00. The zero-order valence-corrected chi connectivity index (χ0v) is 11.4. The third-order valence-corrected chi connectivity index (χ3v) is 2.59. The summed E-state index contributed by atoms with van der Waals surface area (Å²) in [7, 11) is 0. The van der Waals surface area contributed by atoms with Crippen molar-refractivity contribution >= 4 is 11.9 Å². The molecular weight excluding hydrogens is 244 g/mol. The second-order valence-electron chi connectivity index (χ2n) is 4.33. The Morgan fingerprint density at radius 2 is 1.68 bits per heavy atom. The summed E-state index contributed by atoms with van der Waals surface area (Å²) >= 11 is 0. The molecule has 0 N–H and O–H groups in total. The topological polar surface area (TPSA) is 52.6 Å². The molecule has 0 bridgehead atoms. The first-order valence-electron chi connectivity index (χ1n) is 6.00. The van der Waals surface area contributed by atoms with E-state index in [1.54, 1.807) is 38.1 Å². The zero-order valence-electron chi connectivity index (χ0n) is 11.4. The van der Waals surface area contributed by atoms with Crippen LogP contribution in [0.3, 0.4) is 0 Å². The maximum Gasteiger partial charge on any atom is 0.352 e. The van der Waals surface area contributed by atoms with Gasteiger partial charge in [0, 0.05) is 12.5 Å². The highest BCUT2D eigenvalue weighted by atomic mass is 16.6. The molecule has 0 unspecified atom stereocenters. The minimum absolute atomic E-state index is 0.422. The number of benzene rings is 1. The highest BCUT2D eigenvalue weighted by Gasteiger charge is 2.26. The fourth-order valence-electron chi connectivity index (χ4n) is 1.38. The molecule has 0 aliphatic heterocycles. The van der Waals surface area contributed by atoms with Crippen LogP contribution in [0.2, 0.25) is 0 Å². The highest BCUT2D eigenvalue weighted by molar-refractivity contribution is 5.80. The molecule has 1 aromatic rings. The lowest BCUT2D eigenvalue weighted by Gasteiger charge is -2.19. The van der Waals surface area contributed by atoms with Crippen LogP contribution in [0.15, 0.2) is 42.5 Å². The smallest absolute Gasteiger partial charge is 0.352 e. The van der Waals surface area contributed by atoms with Crippen LogP contribution in [0.25, 0.3) is 0 Å². The second-order valence-corrected chi connectivity index (χ2v) is 4.33. The van der Waals surface area contributed by atoms with E-state index in [1.807, 2.05) is 6.07 Å². The summed E-state index contributed by atoms with van der Waals surface area (Å²) in [4.78, 5) is 23.2. The van der Waals surface area contributed by atoms with Crippen LogP contribution in [0.5, 0.6) is 0 Å². The van der Waals surface area contributed by atoms with Gasteiger partial charge in [-0.1, -0.05) is 36.9 Å². The molecule has 1 rings (SSSR count). The molecule has 0 aromatic heterocycles. The lowest BCUT2D eigenvalue weighted by Crippen LogP contribution is -2.25. The van der Waals surface area contributed by atoms with Crippen LogP contribution in [-0.4, -0.2) is 18.0 Å². The quantitative estimate of drug-likeness (QED) is 0.605. The normalized spacial score (nSPS) is 13.2. The molecule has 0 fully saturated rings. The van der Waals surface area contributed by atoms with Crippen molar-refractivity contribution in [3.05, 3.63) is 48.0 Å². The number of rotatable bonds is 5. The van der Waals surface area contributed by atoms with E-state index in [4.69, 9.17) is 9.47 Å². The monoisotopic (exact) mass is 262 g/mol. The second kappa shape index (κ2) is 6.73. The Morgan fingerprint density at radius 1 is 1.11 bits per heavy atom. The summed E-state index contributed by atoms with van der Waals surface area (Å²) in [6.45, 7) is 8.45. The standard InChI is InChI=1S/C15H18O4/c1-10(2)11(3)18-15(17)14(19-12(4)16)13-8-6-5-7-9-13/h5-9,11,14H,1H2,2-4H3/t11-,14-/m1/s1. The molecule has 0 aliphatic rings. The Bertz CT molecular complexity index is 464. The van der Waals surface area contributed by atoms with Gasteiger partial charge in [0.1, 0.15) is 6.10 Å². The molecule has 1 aromatic carbocycles. The van der Waals surface area contributed by atoms with Gasteiger partial charge in [-0.3, -0.25) is 4.79 Å². The SMILES string of the molecule is C=C(C)[C@@H](C)OC(=O)[C@H](OC(C)=O)c1ccccc1. The van der Waals surface area contributed by atoms with Crippen molar-refractivity contribution in [3.63, 3.8) is 0 Å². The van der Waals surface area contributed by atoms with E-state index >= 15 is 0 Å². The van der Waals surface area contributed by atoms with Crippen molar-refractivity contribution in [1.82, 2.24) is 0 Å². The van der Waals surface area contributed by atoms with Crippen LogP contribution in [0.4, 0.5) is 0 Å². The lowest BCUT2D eigenvalue weighted by atomic mass is 10.1. The average molecular weight is 262 g/mol.